The van der Waals surface area contributed by atoms with Gasteiger partial charge in [-0.05, 0) is 42.0 Å². The summed E-state index contributed by atoms with van der Waals surface area (Å²) in [6, 6.07) is 10.3. The van der Waals surface area contributed by atoms with Crippen LogP contribution < -0.4 is 0 Å². The van der Waals surface area contributed by atoms with E-state index < -0.39 is 0 Å². The highest BCUT2D eigenvalue weighted by Gasteiger charge is 2.10. The van der Waals surface area contributed by atoms with E-state index >= 15 is 0 Å². The van der Waals surface area contributed by atoms with Gasteiger partial charge in [0.05, 0.1) is 6.10 Å². The molecule has 0 saturated carbocycles. The number of aryl methyl sites for hydroxylation is 2. The molecule has 0 aliphatic heterocycles. The number of rotatable bonds is 3. The minimum atomic E-state index is -0.383. The normalized spacial score (nSPS) is 12.7. The molecule has 0 amide bonds. The van der Waals surface area contributed by atoms with Gasteiger partial charge in [-0.1, -0.05) is 24.3 Å². The molecule has 84 valence electrons. The van der Waals surface area contributed by atoms with Crippen LogP contribution in [0, 0.1) is 13.8 Å². The summed E-state index contributed by atoms with van der Waals surface area (Å²) >= 11 is 1.69. The summed E-state index contributed by atoms with van der Waals surface area (Å²) in [7, 11) is 0. The van der Waals surface area contributed by atoms with E-state index in [4.69, 9.17) is 0 Å². The molecule has 0 bridgehead atoms. The molecule has 1 aromatic heterocycles. The fourth-order valence-electron chi connectivity index (χ4n) is 1.80. The Hall–Kier alpha value is -1.12. The Bertz CT molecular complexity index is 473. The lowest BCUT2D eigenvalue weighted by atomic mass is 10.00. The second-order valence-corrected chi connectivity index (χ2v) is 5.25. The lowest BCUT2D eigenvalue weighted by Crippen LogP contribution is -2.01. The Morgan fingerprint density at radius 3 is 2.62 bits per heavy atom. The van der Waals surface area contributed by atoms with Crippen LogP contribution in [0.15, 0.2) is 35.7 Å². The van der Waals surface area contributed by atoms with E-state index in [0.29, 0.717) is 6.42 Å². The van der Waals surface area contributed by atoms with E-state index in [1.165, 1.54) is 16.0 Å². The van der Waals surface area contributed by atoms with Crippen LogP contribution in [-0.4, -0.2) is 5.11 Å². The van der Waals surface area contributed by atoms with Crippen LogP contribution in [-0.2, 0) is 6.42 Å². The Labute approximate surface area is 100 Å². The summed E-state index contributed by atoms with van der Waals surface area (Å²) < 4.78 is 0. The van der Waals surface area contributed by atoms with Crippen LogP contribution in [0.3, 0.4) is 0 Å². The van der Waals surface area contributed by atoms with Crippen molar-refractivity contribution in [3.63, 3.8) is 0 Å². The molecule has 2 aromatic rings. The monoisotopic (exact) mass is 232 g/mol. The van der Waals surface area contributed by atoms with Crippen LogP contribution in [0.4, 0.5) is 0 Å². The van der Waals surface area contributed by atoms with Crippen LogP contribution in [0.1, 0.15) is 27.7 Å². The Balaban J connectivity index is 2.13. The Morgan fingerprint density at radius 2 is 2.00 bits per heavy atom. The quantitative estimate of drug-likeness (QED) is 0.856. The SMILES string of the molecule is Cc1cc(C(O)Cc2ccccc2C)cs1. The summed E-state index contributed by atoms with van der Waals surface area (Å²) in [6.07, 6.45) is 0.314. The van der Waals surface area contributed by atoms with Gasteiger partial charge in [0.1, 0.15) is 0 Å². The second-order valence-electron chi connectivity index (χ2n) is 4.14. The number of aliphatic hydroxyl groups excluding tert-OH is 1. The first-order valence-corrected chi connectivity index (χ1v) is 6.32. The fraction of sp³-hybridized carbons (Fsp3) is 0.286. The minimum Gasteiger partial charge on any atom is -0.388 e. The van der Waals surface area contributed by atoms with Gasteiger partial charge in [0.15, 0.2) is 0 Å². The summed E-state index contributed by atoms with van der Waals surface area (Å²) in [5.41, 5.74) is 3.50. The predicted octanol–water partition coefficient (Wildman–Crippen LogP) is 3.64. The molecular weight excluding hydrogens is 216 g/mol. The van der Waals surface area contributed by atoms with Crippen LogP contribution in [0.25, 0.3) is 0 Å². The zero-order valence-corrected chi connectivity index (χ0v) is 10.4. The number of hydrogen-bond donors (Lipinski definition) is 1. The molecule has 0 fully saturated rings. The van der Waals surface area contributed by atoms with E-state index in [-0.39, 0.29) is 6.10 Å². The highest BCUT2D eigenvalue weighted by molar-refractivity contribution is 7.10. The third-order valence-corrected chi connectivity index (χ3v) is 3.69. The van der Waals surface area contributed by atoms with Crippen molar-refractivity contribution in [3.8, 4) is 0 Å². The van der Waals surface area contributed by atoms with Gasteiger partial charge in [0, 0.05) is 11.3 Å². The van der Waals surface area contributed by atoms with Crippen LogP contribution in [0.5, 0.6) is 0 Å². The van der Waals surface area contributed by atoms with Gasteiger partial charge in [0.2, 0.25) is 0 Å². The van der Waals surface area contributed by atoms with Crippen molar-refractivity contribution in [1.29, 1.82) is 0 Å². The van der Waals surface area contributed by atoms with E-state index in [2.05, 4.69) is 32.0 Å². The summed E-state index contributed by atoms with van der Waals surface area (Å²) in [5, 5.41) is 12.2. The van der Waals surface area contributed by atoms with E-state index in [9.17, 15) is 5.11 Å². The molecule has 16 heavy (non-hydrogen) atoms. The maximum absolute atomic E-state index is 10.1. The second kappa shape index (κ2) is 4.81. The highest BCUT2D eigenvalue weighted by Crippen LogP contribution is 2.24. The number of hydrogen-bond acceptors (Lipinski definition) is 2. The van der Waals surface area contributed by atoms with E-state index in [1.54, 1.807) is 11.3 Å². The van der Waals surface area contributed by atoms with Gasteiger partial charge in [-0.25, -0.2) is 0 Å². The zero-order chi connectivity index (χ0) is 11.5. The molecule has 2 heteroatoms. The van der Waals surface area contributed by atoms with Crippen LogP contribution in [0.2, 0.25) is 0 Å². The van der Waals surface area contributed by atoms with E-state index in [0.717, 1.165) is 5.56 Å². The maximum Gasteiger partial charge on any atom is 0.0838 e. The third-order valence-electron chi connectivity index (χ3n) is 2.81. The van der Waals surface area contributed by atoms with Gasteiger partial charge >= 0.3 is 0 Å². The minimum absolute atomic E-state index is 0.383. The summed E-state index contributed by atoms with van der Waals surface area (Å²) in [4.78, 5) is 1.25. The number of thiophene rings is 1. The Morgan fingerprint density at radius 1 is 1.25 bits per heavy atom. The van der Waals surface area contributed by atoms with Crippen LogP contribution >= 0.6 is 11.3 Å². The fourth-order valence-corrected chi connectivity index (χ4v) is 2.55. The molecule has 0 spiro atoms. The van der Waals surface area contributed by atoms with Gasteiger partial charge in [0.25, 0.3) is 0 Å². The molecular formula is C14H16OS. The van der Waals surface area contributed by atoms with Crippen molar-refractivity contribution in [1.82, 2.24) is 0 Å². The van der Waals surface area contributed by atoms with Crippen molar-refractivity contribution < 1.29 is 5.11 Å². The van der Waals surface area contributed by atoms with E-state index in [1.807, 2.05) is 17.5 Å². The first-order chi connectivity index (χ1) is 7.66. The van der Waals surface area contributed by atoms with Crippen molar-refractivity contribution in [2.24, 2.45) is 0 Å². The molecule has 1 unspecified atom stereocenters. The Kier molecular flexibility index (Phi) is 3.42. The molecule has 0 aliphatic carbocycles. The van der Waals surface area contributed by atoms with Crippen molar-refractivity contribution in [3.05, 3.63) is 57.3 Å². The lowest BCUT2D eigenvalue weighted by molar-refractivity contribution is 0.178. The smallest absolute Gasteiger partial charge is 0.0838 e. The first-order valence-electron chi connectivity index (χ1n) is 5.44. The van der Waals surface area contributed by atoms with Gasteiger partial charge in [-0.3, -0.25) is 0 Å². The van der Waals surface area contributed by atoms with Crippen molar-refractivity contribution >= 4 is 11.3 Å². The molecule has 0 saturated heterocycles. The first kappa shape index (κ1) is 11.4. The molecule has 1 atom stereocenters. The highest BCUT2D eigenvalue weighted by atomic mass is 32.1. The molecule has 1 heterocycles. The van der Waals surface area contributed by atoms with Gasteiger partial charge < -0.3 is 5.11 Å². The zero-order valence-electron chi connectivity index (χ0n) is 9.60. The predicted molar refractivity (Wildman–Crippen MR) is 68.9 cm³/mol. The largest absolute Gasteiger partial charge is 0.388 e. The molecule has 0 aliphatic rings. The van der Waals surface area contributed by atoms with Crippen molar-refractivity contribution in [2.75, 3.05) is 0 Å². The molecule has 0 radical (unpaired) electrons. The van der Waals surface area contributed by atoms with Gasteiger partial charge in [-0.15, -0.1) is 11.3 Å². The average molecular weight is 232 g/mol. The molecule has 1 nitrogen and oxygen atoms in total. The average Bonchev–Trinajstić information content (AvgIpc) is 2.68. The molecule has 1 aromatic carbocycles. The maximum atomic E-state index is 10.1. The summed E-state index contributed by atoms with van der Waals surface area (Å²) in [5.74, 6) is 0. The summed E-state index contributed by atoms with van der Waals surface area (Å²) in [6.45, 7) is 4.15. The van der Waals surface area contributed by atoms with Crippen molar-refractivity contribution in [2.45, 2.75) is 26.4 Å². The molecule has 1 N–H and O–H groups in total. The standard InChI is InChI=1S/C14H16OS/c1-10-5-3-4-6-12(10)8-14(15)13-7-11(2)16-9-13/h3-7,9,14-15H,8H2,1-2H3. The topological polar surface area (TPSA) is 20.2 Å². The lowest BCUT2D eigenvalue weighted by Gasteiger charge is -2.10. The molecule has 2 rings (SSSR count). The number of benzene rings is 1. The third kappa shape index (κ3) is 2.52. The van der Waals surface area contributed by atoms with Gasteiger partial charge in [-0.2, -0.15) is 0 Å². The number of aliphatic hydroxyl groups is 1.